The molecule has 37 heavy (non-hydrogen) atoms. The van der Waals surface area contributed by atoms with E-state index in [0.29, 0.717) is 6.07 Å². The minimum Gasteiger partial charge on any atom is -0.505 e. The number of alkyl halides is 3. The molecule has 0 saturated carbocycles. The lowest BCUT2D eigenvalue weighted by Crippen LogP contribution is -2.32. The third kappa shape index (κ3) is 5.76. The first kappa shape index (κ1) is 25.4. The number of amidine groups is 1. The Morgan fingerprint density at radius 1 is 1.14 bits per heavy atom. The molecule has 0 saturated heterocycles. The second-order valence-electron chi connectivity index (χ2n) is 7.62. The molecule has 1 aliphatic heterocycles. The van der Waals surface area contributed by atoms with Crippen molar-refractivity contribution < 1.29 is 36.2 Å². The number of carbonyl (C=O) groups is 1. The second kappa shape index (κ2) is 9.75. The minimum absolute atomic E-state index is 0.00674. The Labute approximate surface area is 203 Å². The topological polar surface area (TPSA) is 116 Å². The van der Waals surface area contributed by atoms with E-state index in [4.69, 9.17) is 0 Å². The number of carbonyl (C=O) groups excluding carboxylic acids is 1. The first-order chi connectivity index (χ1) is 17.4. The number of aryl methyl sites for hydroxylation is 1. The predicted molar refractivity (Wildman–Crippen MR) is 119 cm³/mol. The molecule has 1 aromatic heterocycles. The van der Waals surface area contributed by atoms with E-state index in [1.54, 1.807) is 0 Å². The predicted octanol–water partition coefficient (Wildman–Crippen LogP) is 3.78. The Balaban J connectivity index is 1.66. The van der Waals surface area contributed by atoms with Crippen LogP contribution >= 0.6 is 0 Å². The van der Waals surface area contributed by atoms with Gasteiger partial charge in [0.15, 0.2) is 23.1 Å². The molecule has 1 aliphatic rings. The monoisotopic (exact) mass is 523 g/mol. The van der Waals surface area contributed by atoms with Crippen LogP contribution in [-0.2, 0) is 13.2 Å². The van der Waals surface area contributed by atoms with Gasteiger partial charge in [-0.1, -0.05) is 0 Å². The Bertz CT molecular complexity index is 1480. The van der Waals surface area contributed by atoms with Gasteiger partial charge in [-0.05, 0) is 30.3 Å². The maximum Gasteiger partial charge on any atom is 0.435 e. The molecule has 3 N–H and O–H groups in total. The summed E-state index contributed by atoms with van der Waals surface area (Å²) in [5.74, 6) is -5.45. The Kier molecular flexibility index (Phi) is 6.70. The zero-order valence-electron chi connectivity index (χ0n) is 18.6. The van der Waals surface area contributed by atoms with Crippen LogP contribution in [0.15, 0.2) is 57.7 Å². The van der Waals surface area contributed by atoms with Crippen molar-refractivity contribution in [1.29, 1.82) is 0 Å². The number of hydrogen-bond donors (Lipinski definition) is 3. The summed E-state index contributed by atoms with van der Waals surface area (Å²) in [6, 6.07) is 5.84. The lowest BCUT2D eigenvalue weighted by Gasteiger charge is -2.08. The third-order valence-electron chi connectivity index (χ3n) is 4.88. The van der Waals surface area contributed by atoms with Crippen LogP contribution in [0.5, 0.6) is 5.75 Å². The Morgan fingerprint density at radius 2 is 1.89 bits per heavy atom. The normalized spacial score (nSPS) is 15.1. The molecule has 192 valence electrons. The lowest BCUT2D eigenvalue weighted by atomic mass is 10.1. The quantitative estimate of drug-likeness (QED) is 0.275. The molecular formula is C22H15F6N7O2. The molecular weight excluding hydrogens is 508 g/mol. The number of aliphatic imine (C=N–C) groups is 2. The van der Waals surface area contributed by atoms with Gasteiger partial charge in [-0.15, -0.1) is 0 Å². The molecule has 0 atom stereocenters. The Hall–Kier alpha value is -4.69. The van der Waals surface area contributed by atoms with Crippen molar-refractivity contribution in [2.24, 2.45) is 22.1 Å². The summed E-state index contributed by atoms with van der Waals surface area (Å²) >= 11 is 0. The molecule has 0 aliphatic carbocycles. The van der Waals surface area contributed by atoms with Crippen LogP contribution in [0.1, 0.15) is 28.0 Å². The summed E-state index contributed by atoms with van der Waals surface area (Å²) in [5, 5.41) is 18.6. The number of guanidine groups is 1. The lowest BCUT2D eigenvalue weighted by molar-refractivity contribution is -0.141. The number of phenolic OH excluding ortho intramolecular Hbond substituents is 1. The van der Waals surface area contributed by atoms with Gasteiger partial charge in [0, 0.05) is 24.9 Å². The molecule has 0 fully saturated rings. The van der Waals surface area contributed by atoms with E-state index in [0.717, 1.165) is 35.1 Å². The number of benzene rings is 2. The summed E-state index contributed by atoms with van der Waals surface area (Å²) in [6.07, 6.45) is -4.20. The summed E-state index contributed by atoms with van der Waals surface area (Å²) < 4.78 is 81.9. The van der Waals surface area contributed by atoms with Crippen LogP contribution in [0.3, 0.4) is 0 Å². The zero-order chi connectivity index (χ0) is 26.9. The number of hydrazone groups is 1. The van der Waals surface area contributed by atoms with Crippen molar-refractivity contribution in [3.63, 3.8) is 0 Å². The number of aromatic nitrogens is 2. The average Bonchev–Trinajstić information content (AvgIpc) is 3.44. The van der Waals surface area contributed by atoms with Gasteiger partial charge in [0.1, 0.15) is 17.3 Å². The van der Waals surface area contributed by atoms with Crippen LogP contribution < -0.4 is 10.7 Å². The van der Waals surface area contributed by atoms with Gasteiger partial charge < -0.3 is 5.11 Å². The molecule has 15 heteroatoms. The summed E-state index contributed by atoms with van der Waals surface area (Å²) in [5.41, 5.74) is 0.268. The summed E-state index contributed by atoms with van der Waals surface area (Å²) in [6.45, 7) is 0. The molecule has 0 unspecified atom stereocenters. The number of nitrogens with one attached hydrogen (secondary N) is 2. The maximum atomic E-state index is 14.2. The van der Waals surface area contributed by atoms with Gasteiger partial charge in [0.05, 0.1) is 17.7 Å². The fourth-order valence-corrected chi connectivity index (χ4v) is 3.21. The molecule has 2 heterocycles. The van der Waals surface area contributed by atoms with Crippen molar-refractivity contribution in [2.45, 2.75) is 12.6 Å². The molecule has 9 nitrogen and oxygen atoms in total. The number of rotatable bonds is 3. The van der Waals surface area contributed by atoms with E-state index in [1.807, 2.05) is 0 Å². The first-order valence-corrected chi connectivity index (χ1v) is 10.3. The van der Waals surface area contributed by atoms with Gasteiger partial charge >= 0.3 is 6.18 Å². The highest BCUT2D eigenvalue weighted by Crippen LogP contribution is 2.30. The maximum absolute atomic E-state index is 14.2. The van der Waals surface area contributed by atoms with Crippen LogP contribution in [0, 0.1) is 17.5 Å². The molecule has 0 radical (unpaired) electrons. The number of aromatic hydroxyl groups is 1. The number of amides is 1. The van der Waals surface area contributed by atoms with Crippen LogP contribution in [0.25, 0.3) is 0 Å². The van der Waals surface area contributed by atoms with Gasteiger partial charge in [-0.3, -0.25) is 20.2 Å². The first-order valence-electron chi connectivity index (χ1n) is 10.3. The molecule has 3 aromatic rings. The summed E-state index contributed by atoms with van der Waals surface area (Å²) in [4.78, 5) is 20.5. The van der Waals surface area contributed by atoms with Crippen molar-refractivity contribution >= 4 is 29.1 Å². The second-order valence-corrected chi connectivity index (χ2v) is 7.62. The zero-order valence-corrected chi connectivity index (χ0v) is 18.6. The van der Waals surface area contributed by atoms with E-state index < -0.39 is 58.2 Å². The van der Waals surface area contributed by atoms with Gasteiger partial charge in [0.2, 0.25) is 5.96 Å². The highest BCUT2D eigenvalue weighted by atomic mass is 19.4. The van der Waals surface area contributed by atoms with E-state index in [1.165, 1.54) is 13.1 Å². The molecule has 1 amide bonds. The van der Waals surface area contributed by atoms with Gasteiger partial charge in [-0.25, -0.2) is 18.2 Å². The van der Waals surface area contributed by atoms with Crippen LogP contribution in [0.4, 0.5) is 32.0 Å². The highest BCUT2D eigenvalue weighted by molar-refractivity contribution is 6.18. The highest BCUT2D eigenvalue weighted by Gasteiger charge is 2.39. The van der Waals surface area contributed by atoms with Gasteiger partial charge in [0.25, 0.3) is 5.91 Å². The van der Waals surface area contributed by atoms with Crippen molar-refractivity contribution in [3.8, 4) is 5.75 Å². The van der Waals surface area contributed by atoms with Gasteiger partial charge in [-0.2, -0.15) is 28.4 Å². The summed E-state index contributed by atoms with van der Waals surface area (Å²) in [7, 11) is 1.18. The molecule has 2 aromatic carbocycles. The van der Waals surface area contributed by atoms with E-state index in [2.05, 4.69) is 30.9 Å². The van der Waals surface area contributed by atoms with Crippen molar-refractivity contribution in [3.05, 3.63) is 76.9 Å². The van der Waals surface area contributed by atoms with Crippen LogP contribution in [-0.4, -0.2) is 38.3 Å². The largest absolute Gasteiger partial charge is 0.505 e. The minimum atomic E-state index is -4.95. The molecule has 0 bridgehead atoms. The van der Waals surface area contributed by atoms with E-state index >= 15 is 0 Å². The third-order valence-corrected chi connectivity index (χ3v) is 4.88. The number of nitrogens with zero attached hydrogens (tertiary/aromatic N) is 5. The number of hydrogen-bond acceptors (Lipinski definition) is 5. The fraction of sp³-hybridized carbons (Fsp3) is 0.136. The number of phenols is 1. The van der Waals surface area contributed by atoms with E-state index in [-0.39, 0.29) is 23.5 Å². The SMILES string of the molecule is Cn1cc(C(=O)NC(N=C2CC(c3ccc(O)c(F)c3)=NN2)=Nc2ccc(F)cc2F)c(C(F)(F)F)n1. The fourth-order valence-electron chi connectivity index (χ4n) is 3.21. The van der Waals surface area contributed by atoms with E-state index in [9.17, 15) is 36.2 Å². The molecule has 0 spiro atoms. The average molecular weight is 523 g/mol. The van der Waals surface area contributed by atoms with Crippen LogP contribution in [0.2, 0.25) is 0 Å². The standard InChI is InChI=1S/C22H15F6N7O2/c1-35-9-12(19(34-35)22(26,27)28)20(37)31-21(29-15-4-3-11(23)7-13(15)24)30-18-8-16(32-33-18)10-2-5-17(36)14(25)6-10/h2-7,9,36H,8H2,1H3,(H2,29,30,31,33,37). The number of halogens is 6. The molecule has 4 rings (SSSR count). The Morgan fingerprint density at radius 3 is 2.57 bits per heavy atom. The van der Waals surface area contributed by atoms with Crippen molar-refractivity contribution in [1.82, 2.24) is 20.5 Å². The van der Waals surface area contributed by atoms with Crippen molar-refractivity contribution in [2.75, 3.05) is 0 Å². The smallest absolute Gasteiger partial charge is 0.435 e.